The second-order valence-electron chi connectivity index (χ2n) is 8.41. The number of aromatic hydroxyl groups is 1. The highest BCUT2D eigenvalue weighted by atomic mass is 32.1. The highest BCUT2D eigenvalue weighted by molar-refractivity contribution is 7.80. The summed E-state index contributed by atoms with van der Waals surface area (Å²) in [6, 6.07) is 25.8. The predicted octanol–water partition coefficient (Wildman–Crippen LogP) is 5.43. The average Bonchev–Trinajstić information content (AvgIpc) is 3.32. The Morgan fingerprint density at radius 2 is 1.70 bits per heavy atom. The maximum atomic E-state index is 9.82. The van der Waals surface area contributed by atoms with Gasteiger partial charge in [-0.15, -0.1) is 0 Å². The smallest absolute Gasteiger partial charge is 0.174 e. The van der Waals surface area contributed by atoms with Crippen molar-refractivity contribution in [2.45, 2.75) is 32.5 Å². The lowest BCUT2D eigenvalue weighted by molar-refractivity contribution is 0.475. The van der Waals surface area contributed by atoms with Crippen LogP contribution in [0.5, 0.6) is 5.75 Å². The van der Waals surface area contributed by atoms with E-state index in [1.54, 1.807) is 12.1 Å². The van der Waals surface area contributed by atoms with Crippen molar-refractivity contribution in [3.05, 3.63) is 113 Å². The van der Waals surface area contributed by atoms with Crippen LogP contribution in [0, 0.1) is 13.8 Å². The van der Waals surface area contributed by atoms with E-state index < -0.39 is 0 Å². The summed E-state index contributed by atoms with van der Waals surface area (Å²) in [7, 11) is 0. The van der Waals surface area contributed by atoms with Crippen LogP contribution in [0.1, 0.15) is 40.3 Å². The molecule has 4 aromatic rings. The largest absolute Gasteiger partial charge is 0.508 e. The van der Waals surface area contributed by atoms with Gasteiger partial charge in [0.15, 0.2) is 5.11 Å². The van der Waals surface area contributed by atoms with E-state index in [9.17, 15) is 5.11 Å². The van der Waals surface area contributed by atoms with Crippen LogP contribution < -0.4 is 10.2 Å². The third kappa shape index (κ3) is 3.98. The van der Waals surface area contributed by atoms with Crippen LogP contribution >= 0.6 is 12.2 Å². The lowest BCUT2D eigenvalue weighted by Gasteiger charge is -2.28. The average molecular weight is 455 g/mol. The highest BCUT2D eigenvalue weighted by Gasteiger charge is 2.42. The van der Waals surface area contributed by atoms with Gasteiger partial charge in [-0.25, -0.2) is 0 Å². The van der Waals surface area contributed by atoms with E-state index in [1.807, 2.05) is 42.6 Å². The van der Waals surface area contributed by atoms with Crippen molar-refractivity contribution in [3.8, 4) is 5.75 Å². The number of aromatic nitrogens is 2. The van der Waals surface area contributed by atoms with E-state index in [-0.39, 0.29) is 17.8 Å². The minimum atomic E-state index is -0.0989. The molecule has 0 saturated carbocycles. The van der Waals surface area contributed by atoms with E-state index in [1.165, 1.54) is 22.5 Å². The summed E-state index contributed by atoms with van der Waals surface area (Å²) in [6.45, 7) is 5.15. The molecule has 1 saturated heterocycles. The first-order valence-electron chi connectivity index (χ1n) is 11.0. The van der Waals surface area contributed by atoms with Crippen molar-refractivity contribution in [2.75, 3.05) is 4.90 Å². The molecular formula is C27H26N4OS. The summed E-state index contributed by atoms with van der Waals surface area (Å²) in [5.41, 5.74) is 6.76. The number of pyridine rings is 1. The molecule has 1 fully saturated rings. The molecule has 0 amide bonds. The van der Waals surface area contributed by atoms with Gasteiger partial charge in [0.1, 0.15) is 5.75 Å². The van der Waals surface area contributed by atoms with Gasteiger partial charge in [0.05, 0.1) is 17.8 Å². The zero-order valence-corrected chi connectivity index (χ0v) is 19.5. The first kappa shape index (κ1) is 21.2. The molecule has 0 spiro atoms. The van der Waals surface area contributed by atoms with Crippen molar-refractivity contribution in [2.24, 2.45) is 0 Å². The second kappa shape index (κ2) is 8.71. The van der Waals surface area contributed by atoms with E-state index in [0.717, 1.165) is 17.9 Å². The zero-order chi connectivity index (χ0) is 22.9. The molecule has 1 aliphatic rings. The van der Waals surface area contributed by atoms with Crippen molar-refractivity contribution >= 4 is 23.0 Å². The minimum Gasteiger partial charge on any atom is -0.508 e. The molecule has 0 radical (unpaired) electrons. The third-order valence-corrected chi connectivity index (χ3v) is 6.66. The van der Waals surface area contributed by atoms with Crippen LogP contribution in [0.25, 0.3) is 0 Å². The summed E-state index contributed by atoms with van der Waals surface area (Å²) in [4.78, 5) is 6.79. The summed E-state index contributed by atoms with van der Waals surface area (Å²) in [6.07, 6.45) is 1.82. The van der Waals surface area contributed by atoms with Crippen LogP contribution in [-0.4, -0.2) is 19.8 Å². The predicted molar refractivity (Wildman–Crippen MR) is 135 cm³/mol. The summed E-state index contributed by atoms with van der Waals surface area (Å²) in [5.74, 6) is 0.232. The Morgan fingerprint density at radius 1 is 0.970 bits per heavy atom. The number of thiocarbonyl (C=S) groups is 1. The molecule has 3 heterocycles. The van der Waals surface area contributed by atoms with Gasteiger partial charge in [0.2, 0.25) is 0 Å². The zero-order valence-electron chi connectivity index (χ0n) is 18.6. The number of hydrogen-bond donors (Lipinski definition) is 2. The third-order valence-electron chi connectivity index (χ3n) is 6.34. The number of phenols is 1. The molecular weight excluding hydrogens is 428 g/mol. The molecule has 0 bridgehead atoms. The van der Waals surface area contributed by atoms with E-state index >= 15 is 0 Å². The Kier molecular flexibility index (Phi) is 5.60. The van der Waals surface area contributed by atoms with Crippen LogP contribution in [-0.2, 0) is 6.54 Å². The molecule has 2 atom stereocenters. The molecule has 33 heavy (non-hydrogen) atoms. The van der Waals surface area contributed by atoms with E-state index in [2.05, 4.69) is 63.9 Å². The summed E-state index contributed by atoms with van der Waals surface area (Å²) >= 11 is 5.82. The monoisotopic (exact) mass is 454 g/mol. The first-order valence-corrected chi connectivity index (χ1v) is 11.4. The van der Waals surface area contributed by atoms with Crippen molar-refractivity contribution in [1.29, 1.82) is 0 Å². The van der Waals surface area contributed by atoms with Gasteiger partial charge >= 0.3 is 0 Å². The SMILES string of the molecule is Cc1cc(C2C(c3ccccn3)NC(=S)N2c2ccc(O)cc2)c(C)n1Cc1ccccc1. The van der Waals surface area contributed by atoms with Gasteiger partial charge in [-0.1, -0.05) is 36.4 Å². The standard InChI is InChI=1S/C27H26N4OS/c1-18-16-23(19(2)30(18)17-20-8-4-3-5-9-20)26-25(24-10-6-7-15-28-24)29-27(33)31(26)21-11-13-22(32)14-12-21/h3-16,25-26,32H,17H2,1-2H3,(H,29,33). The molecule has 166 valence electrons. The first-order chi connectivity index (χ1) is 16.0. The molecule has 2 N–H and O–H groups in total. The Morgan fingerprint density at radius 3 is 2.39 bits per heavy atom. The van der Waals surface area contributed by atoms with Gasteiger partial charge in [0, 0.05) is 29.8 Å². The fourth-order valence-corrected chi connectivity index (χ4v) is 5.04. The number of benzene rings is 2. The quantitative estimate of drug-likeness (QED) is 0.394. The molecule has 5 rings (SSSR count). The maximum absolute atomic E-state index is 9.82. The van der Waals surface area contributed by atoms with Crippen LogP contribution in [0.4, 0.5) is 5.69 Å². The number of aryl methyl sites for hydroxylation is 1. The number of rotatable bonds is 5. The highest BCUT2D eigenvalue weighted by Crippen LogP contribution is 2.43. The normalized spacial score (nSPS) is 17.9. The van der Waals surface area contributed by atoms with Crippen LogP contribution in [0.3, 0.4) is 0 Å². The molecule has 2 aromatic heterocycles. The van der Waals surface area contributed by atoms with Gasteiger partial charge < -0.3 is 19.9 Å². The van der Waals surface area contributed by atoms with Gasteiger partial charge in [-0.3, -0.25) is 4.98 Å². The van der Waals surface area contributed by atoms with Gasteiger partial charge in [0.25, 0.3) is 0 Å². The summed E-state index contributed by atoms with van der Waals surface area (Å²) in [5, 5.41) is 14.0. The number of hydrogen-bond acceptors (Lipinski definition) is 3. The van der Waals surface area contributed by atoms with Crippen molar-refractivity contribution in [3.63, 3.8) is 0 Å². The lowest BCUT2D eigenvalue weighted by Crippen LogP contribution is -2.29. The van der Waals surface area contributed by atoms with Crippen LogP contribution in [0.2, 0.25) is 0 Å². The fourth-order valence-electron chi connectivity index (χ4n) is 4.70. The van der Waals surface area contributed by atoms with E-state index in [0.29, 0.717) is 5.11 Å². The molecule has 6 heteroatoms. The molecule has 1 aliphatic heterocycles. The van der Waals surface area contributed by atoms with Gasteiger partial charge in [-0.2, -0.15) is 0 Å². The fraction of sp³-hybridized carbons (Fsp3) is 0.185. The maximum Gasteiger partial charge on any atom is 0.174 e. The number of anilines is 1. The number of nitrogens with zero attached hydrogens (tertiary/aromatic N) is 3. The van der Waals surface area contributed by atoms with Crippen molar-refractivity contribution < 1.29 is 5.11 Å². The topological polar surface area (TPSA) is 53.3 Å². The van der Waals surface area contributed by atoms with Crippen molar-refractivity contribution in [1.82, 2.24) is 14.9 Å². The number of nitrogens with one attached hydrogen (secondary N) is 1. The van der Waals surface area contributed by atoms with Gasteiger partial charge in [-0.05, 0) is 79.7 Å². The number of phenolic OH excluding ortho intramolecular Hbond substituents is 1. The Bertz CT molecular complexity index is 1270. The minimum absolute atomic E-state index is 0.0762. The second-order valence-corrected chi connectivity index (χ2v) is 8.80. The molecule has 5 nitrogen and oxygen atoms in total. The Labute approximate surface area is 199 Å². The Balaban J connectivity index is 1.62. The molecule has 2 unspecified atom stereocenters. The summed E-state index contributed by atoms with van der Waals surface area (Å²) < 4.78 is 2.36. The molecule has 0 aliphatic carbocycles. The molecule has 2 aromatic carbocycles. The van der Waals surface area contributed by atoms with E-state index in [4.69, 9.17) is 12.2 Å². The van der Waals surface area contributed by atoms with Crippen LogP contribution in [0.15, 0.2) is 85.1 Å². The lowest BCUT2D eigenvalue weighted by atomic mass is 9.96. The Hall–Kier alpha value is -3.64.